The van der Waals surface area contributed by atoms with Crippen molar-refractivity contribution in [2.45, 2.75) is 9.79 Å². The quantitative estimate of drug-likeness (QED) is 0.227. The van der Waals surface area contributed by atoms with Gasteiger partial charge < -0.3 is 0 Å². The SMILES string of the molecule is O=C1c2cc(-c3ccccc3-c3ccccc3)ccc2S(=O)c2ccc(-c3ccccc3-c3ccccc3)cc21. The fraction of sp³-hybridized carbons (Fsp3) is 0. The van der Waals surface area contributed by atoms with Crippen LogP contribution < -0.4 is 0 Å². The van der Waals surface area contributed by atoms with Crippen LogP contribution in [0.5, 0.6) is 0 Å². The van der Waals surface area contributed by atoms with E-state index in [0.29, 0.717) is 20.9 Å². The molecule has 0 atom stereocenters. The molecular weight excluding hydrogens is 508 g/mol. The predicted octanol–water partition coefficient (Wildman–Crippen LogP) is 9.07. The Kier molecular flexibility index (Phi) is 6.07. The van der Waals surface area contributed by atoms with Crippen LogP contribution in [0.25, 0.3) is 44.5 Å². The van der Waals surface area contributed by atoms with Crippen LogP contribution in [-0.2, 0) is 10.8 Å². The largest absolute Gasteiger partial charge is 0.289 e. The number of carbonyl (C=O) groups is 1. The van der Waals surface area contributed by atoms with Gasteiger partial charge in [0.2, 0.25) is 0 Å². The highest BCUT2D eigenvalue weighted by Crippen LogP contribution is 2.40. The molecule has 0 saturated carbocycles. The number of hydrogen-bond donors (Lipinski definition) is 0. The molecule has 2 nitrogen and oxygen atoms in total. The number of hydrogen-bond acceptors (Lipinski definition) is 2. The third-order valence-corrected chi connectivity index (χ3v) is 9.00. The van der Waals surface area contributed by atoms with Gasteiger partial charge in [-0.15, -0.1) is 0 Å². The van der Waals surface area contributed by atoms with Crippen LogP contribution >= 0.6 is 0 Å². The molecule has 0 aliphatic carbocycles. The van der Waals surface area contributed by atoms with Crippen LogP contribution in [0.3, 0.4) is 0 Å². The van der Waals surface area contributed by atoms with E-state index < -0.39 is 10.8 Å². The van der Waals surface area contributed by atoms with Crippen LogP contribution in [0.15, 0.2) is 155 Å². The molecule has 0 amide bonds. The Labute approximate surface area is 236 Å². The molecule has 1 aliphatic rings. The van der Waals surface area contributed by atoms with Crippen LogP contribution in [0, 0.1) is 0 Å². The van der Waals surface area contributed by atoms with E-state index in [0.717, 1.165) is 44.5 Å². The number of carbonyl (C=O) groups excluding carboxylic acids is 1. The van der Waals surface area contributed by atoms with Crippen molar-refractivity contribution in [2.75, 3.05) is 0 Å². The van der Waals surface area contributed by atoms with E-state index in [2.05, 4.69) is 48.5 Å². The molecule has 1 heterocycles. The summed E-state index contributed by atoms with van der Waals surface area (Å²) in [7, 11) is -1.44. The van der Waals surface area contributed by atoms with Gasteiger partial charge in [-0.25, -0.2) is 4.21 Å². The van der Waals surface area contributed by atoms with E-state index in [1.165, 1.54) is 0 Å². The maximum atomic E-state index is 14.0. The molecular formula is C37H24O2S. The smallest absolute Gasteiger partial charge is 0.195 e. The summed E-state index contributed by atoms with van der Waals surface area (Å²) in [6.45, 7) is 0. The van der Waals surface area contributed by atoms with Crippen molar-refractivity contribution < 1.29 is 9.00 Å². The number of fused-ring (bicyclic) bond motifs is 2. The summed E-state index contributed by atoms with van der Waals surface area (Å²) >= 11 is 0. The maximum Gasteiger partial charge on any atom is 0.195 e. The summed E-state index contributed by atoms with van der Waals surface area (Å²) in [5.41, 5.74) is 9.32. The van der Waals surface area contributed by atoms with Crippen LogP contribution in [-0.4, -0.2) is 9.99 Å². The van der Waals surface area contributed by atoms with Gasteiger partial charge in [0.05, 0.1) is 20.6 Å². The molecule has 0 N–H and O–H groups in total. The Bertz CT molecular complexity index is 1790. The highest BCUT2D eigenvalue weighted by Gasteiger charge is 2.30. The lowest BCUT2D eigenvalue weighted by molar-refractivity contribution is 0.103. The fourth-order valence-electron chi connectivity index (χ4n) is 5.55. The monoisotopic (exact) mass is 532 g/mol. The van der Waals surface area contributed by atoms with Gasteiger partial charge in [0.25, 0.3) is 0 Å². The minimum Gasteiger partial charge on any atom is -0.289 e. The van der Waals surface area contributed by atoms with Gasteiger partial charge in [-0.1, -0.05) is 121 Å². The van der Waals surface area contributed by atoms with Gasteiger partial charge in [-0.05, 0) is 68.8 Å². The van der Waals surface area contributed by atoms with Gasteiger partial charge in [-0.2, -0.15) is 0 Å². The van der Waals surface area contributed by atoms with Gasteiger partial charge in [-0.3, -0.25) is 4.79 Å². The summed E-state index contributed by atoms with van der Waals surface area (Å²) in [6.07, 6.45) is 0. The third kappa shape index (κ3) is 4.12. The lowest BCUT2D eigenvalue weighted by atomic mass is 9.90. The zero-order valence-corrected chi connectivity index (χ0v) is 22.4. The van der Waals surface area contributed by atoms with Crippen molar-refractivity contribution in [2.24, 2.45) is 0 Å². The van der Waals surface area contributed by atoms with Crippen molar-refractivity contribution in [1.29, 1.82) is 0 Å². The van der Waals surface area contributed by atoms with Crippen molar-refractivity contribution >= 4 is 16.6 Å². The van der Waals surface area contributed by atoms with Gasteiger partial charge in [0.1, 0.15) is 0 Å². The second kappa shape index (κ2) is 10.0. The van der Waals surface area contributed by atoms with E-state index in [4.69, 9.17) is 0 Å². The Morgan fingerprint density at radius 3 is 1.10 bits per heavy atom. The molecule has 0 aromatic heterocycles. The average molecular weight is 533 g/mol. The molecule has 0 fully saturated rings. The minimum absolute atomic E-state index is 0.0947. The molecule has 6 aromatic rings. The number of ketones is 1. The third-order valence-electron chi connectivity index (χ3n) is 7.49. The molecule has 0 spiro atoms. The second-order valence-corrected chi connectivity index (χ2v) is 11.3. The zero-order valence-electron chi connectivity index (χ0n) is 21.6. The molecule has 40 heavy (non-hydrogen) atoms. The molecule has 0 bridgehead atoms. The van der Waals surface area contributed by atoms with Crippen LogP contribution in [0.2, 0.25) is 0 Å². The lowest BCUT2D eigenvalue weighted by Gasteiger charge is -2.21. The molecule has 1 aliphatic heterocycles. The molecule has 190 valence electrons. The number of benzene rings is 6. The molecule has 0 unspecified atom stereocenters. The minimum atomic E-state index is -1.44. The highest BCUT2D eigenvalue weighted by atomic mass is 32.2. The molecule has 0 radical (unpaired) electrons. The summed E-state index contributed by atoms with van der Waals surface area (Å²) < 4.78 is 13.7. The Morgan fingerprint density at radius 2 is 0.700 bits per heavy atom. The van der Waals surface area contributed by atoms with E-state index in [-0.39, 0.29) is 5.78 Å². The van der Waals surface area contributed by atoms with E-state index >= 15 is 0 Å². The second-order valence-electron chi connectivity index (χ2n) is 9.84. The first-order valence-electron chi connectivity index (χ1n) is 13.2. The highest BCUT2D eigenvalue weighted by molar-refractivity contribution is 7.85. The summed E-state index contributed by atoms with van der Waals surface area (Å²) in [5, 5.41) is 0. The van der Waals surface area contributed by atoms with Gasteiger partial charge in [0, 0.05) is 11.1 Å². The average Bonchev–Trinajstić information content (AvgIpc) is 3.04. The lowest BCUT2D eigenvalue weighted by Crippen LogP contribution is -2.16. The molecule has 3 heteroatoms. The fourth-order valence-corrected chi connectivity index (χ4v) is 6.87. The Hall–Kier alpha value is -4.86. The van der Waals surface area contributed by atoms with Crippen molar-refractivity contribution in [1.82, 2.24) is 0 Å². The first-order chi connectivity index (χ1) is 19.7. The maximum absolute atomic E-state index is 14.0. The van der Waals surface area contributed by atoms with E-state index in [9.17, 15) is 9.00 Å². The van der Waals surface area contributed by atoms with Crippen LogP contribution in [0.1, 0.15) is 15.9 Å². The topological polar surface area (TPSA) is 34.1 Å². The van der Waals surface area contributed by atoms with Crippen molar-refractivity contribution in [3.8, 4) is 44.5 Å². The first-order valence-corrected chi connectivity index (χ1v) is 14.4. The number of rotatable bonds is 4. The van der Waals surface area contributed by atoms with Gasteiger partial charge in [0.15, 0.2) is 5.78 Å². The Balaban J connectivity index is 1.33. The molecule has 0 saturated heterocycles. The van der Waals surface area contributed by atoms with Gasteiger partial charge >= 0.3 is 0 Å². The van der Waals surface area contributed by atoms with Crippen LogP contribution in [0.4, 0.5) is 0 Å². The zero-order chi connectivity index (χ0) is 27.1. The first kappa shape index (κ1) is 24.2. The summed E-state index contributed by atoms with van der Waals surface area (Å²) in [6, 6.07) is 48.3. The Morgan fingerprint density at radius 1 is 0.350 bits per heavy atom. The standard InChI is InChI=1S/C37H24O2S/c38-37-33-23-27(31-17-9-7-15-29(31)25-11-3-1-4-12-25)19-21-35(33)40(39)36-22-20-28(24-34(36)37)32-18-10-8-16-30(32)26-13-5-2-6-14-26/h1-24H. The summed E-state index contributed by atoms with van der Waals surface area (Å²) in [5.74, 6) is -0.0947. The summed E-state index contributed by atoms with van der Waals surface area (Å²) in [4.78, 5) is 15.1. The van der Waals surface area contributed by atoms with Crippen molar-refractivity contribution in [3.63, 3.8) is 0 Å². The predicted molar refractivity (Wildman–Crippen MR) is 163 cm³/mol. The van der Waals surface area contributed by atoms with Crippen molar-refractivity contribution in [3.05, 3.63) is 157 Å². The van der Waals surface area contributed by atoms with E-state index in [1.807, 2.05) is 97.1 Å². The molecule has 7 rings (SSSR count). The normalized spacial score (nSPS) is 12.6. The van der Waals surface area contributed by atoms with E-state index in [1.54, 1.807) is 0 Å². The molecule has 6 aromatic carbocycles.